The maximum Gasteiger partial charge on any atom is 0.246 e. The van der Waals surface area contributed by atoms with Crippen LogP contribution in [0.1, 0.15) is 43.0 Å². The molecule has 0 aromatic carbocycles. The molecule has 1 atom stereocenters. The predicted molar refractivity (Wildman–Crippen MR) is 112 cm³/mol. The molecule has 162 valence electrons. The maximum atomic E-state index is 13.0. The summed E-state index contributed by atoms with van der Waals surface area (Å²) in [4.78, 5) is 28.2. The van der Waals surface area contributed by atoms with Crippen LogP contribution in [0.4, 0.5) is 0 Å². The first kappa shape index (κ1) is 20.9. The molecule has 2 aliphatic rings. The SMILES string of the molecule is Cc1noc(CN(C)C(=O)[C@@H]2CCCN(C3CCN(Cc4cccnc4)CC3)C2)n1. The summed E-state index contributed by atoms with van der Waals surface area (Å²) in [6.07, 6.45) is 8.15. The first-order chi connectivity index (χ1) is 14.6. The molecule has 4 rings (SSSR count). The number of piperidine rings is 2. The van der Waals surface area contributed by atoms with Gasteiger partial charge in [-0.15, -0.1) is 0 Å². The number of aromatic nitrogens is 3. The topological polar surface area (TPSA) is 78.6 Å². The highest BCUT2D eigenvalue weighted by atomic mass is 16.5. The summed E-state index contributed by atoms with van der Waals surface area (Å²) in [6, 6.07) is 4.73. The zero-order chi connectivity index (χ0) is 20.9. The van der Waals surface area contributed by atoms with Crippen LogP contribution in [0, 0.1) is 12.8 Å². The van der Waals surface area contributed by atoms with Crippen molar-refractivity contribution >= 4 is 5.91 Å². The predicted octanol–water partition coefficient (Wildman–Crippen LogP) is 2.11. The highest BCUT2D eigenvalue weighted by Crippen LogP contribution is 2.25. The van der Waals surface area contributed by atoms with E-state index in [9.17, 15) is 4.79 Å². The summed E-state index contributed by atoms with van der Waals surface area (Å²) < 4.78 is 5.17. The summed E-state index contributed by atoms with van der Waals surface area (Å²) >= 11 is 0. The molecule has 4 heterocycles. The minimum absolute atomic E-state index is 0.0567. The van der Waals surface area contributed by atoms with Gasteiger partial charge in [-0.2, -0.15) is 4.98 Å². The van der Waals surface area contributed by atoms with E-state index in [0.717, 1.165) is 58.4 Å². The van der Waals surface area contributed by atoms with Crippen molar-refractivity contribution in [1.82, 2.24) is 29.8 Å². The van der Waals surface area contributed by atoms with Crippen LogP contribution < -0.4 is 0 Å². The van der Waals surface area contributed by atoms with E-state index in [4.69, 9.17) is 4.52 Å². The third-order valence-corrected chi connectivity index (χ3v) is 6.32. The molecule has 2 aromatic heterocycles. The fraction of sp³-hybridized carbons (Fsp3) is 0.636. The number of aryl methyl sites for hydroxylation is 1. The Balaban J connectivity index is 1.26. The van der Waals surface area contributed by atoms with Gasteiger partial charge in [-0.05, 0) is 63.9 Å². The smallest absolute Gasteiger partial charge is 0.246 e. The molecular weight excluding hydrogens is 380 g/mol. The van der Waals surface area contributed by atoms with E-state index in [1.165, 1.54) is 5.56 Å². The lowest BCUT2D eigenvalue weighted by molar-refractivity contribution is -0.137. The Bertz CT molecular complexity index is 818. The van der Waals surface area contributed by atoms with E-state index in [1.807, 2.05) is 25.5 Å². The van der Waals surface area contributed by atoms with Crippen LogP contribution in [0.2, 0.25) is 0 Å². The van der Waals surface area contributed by atoms with Gasteiger partial charge in [0.05, 0.1) is 12.5 Å². The van der Waals surface area contributed by atoms with E-state index in [0.29, 0.717) is 24.3 Å². The van der Waals surface area contributed by atoms with E-state index in [1.54, 1.807) is 11.8 Å². The van der Waals surface area contributed by atoms with Gasteiger partial charge in [0, 0.05) is 38.6 Å². The first-order valence-corrected chi connectivity index (χ1v) is 11.0. The molecule has 0 N–H and O–H groups in total. The summed E-state index contributed by atoms with van der Waals surface area (Å²) in [6.45, 7) is 7.31. The lowest BCUT2D eigenvalue weighted by atomic mass is 9.93. The van der Waals surface area contributed by atoms with Crippen molar-refractivity contribution in [2.75, 3.05) is 33.2 Å². The molecule has 2 fully saturated rings. The van der Waals surface area contributed by atoms with Crippen LogP contribution in [0.15, 0.2) is 29.0 Å². The standard InChI is InChI=1S/C22H32N6O2/c1-17-24-21(30-25-17)16-26(2)22(29)19-6-4-10-28(15-19)20-7-11-27(12-8-20)14-18-5-3-9-23-13-18/h3,5,9,13,19-20H,4,6-8,10-12,14-16H2,1-2H3/t19-/m1/s1. The molecule has 0 spiro atoms. The lowest BCUT2D eigenvalue weighted by Crippen LogP contribution is -2.50. The quantitative estimate of drug-likeness (QED) is 0.719. The number of nitrogens with zero attached hydrogens (tertiary/aromatic N) is 6. The molecule has 0 aliphatic carbocycles. The highest BCUT2D eigenvalue weighted by molar-refractivity contribution is 5.78. The highest BCUT2D eigenvalue weighted by Gasteiger charge is 2.33. The summed E-state index contributed by atoms with van der Waals surface area (Å²) in [5.41, 5.74) is 1.28. The molecule has 0 saturated carbocycles. The number of pyridine rings is 1. The molecule has 2 saturated heterocycles. The molecule has 0 radical (unpaired) electrons. The Morgan fingerprint density at radius 3 is 2.80 bits per heavy atom. The molecular formula is C22H32N6O2. The first-order valence-electron chi connectivity index (χ1n) is 11.0. The number of rotatable bonds is 6. The number of likely N-dealkylation sites (tertiary alicyclic amines) is 2. The average molecular weight is 413 g/mol. The molecule has 0 bridgehead atoms. The molecule has 2 aromatic rings. The van der Waals surface area contributed by atoms with Crippen molar-refractivity contribution in [2.45, 2.75) is 51.7 Å². The largest absolute Gasteiger partial charge is 0.337 e. The van der Waals surface area contributed by atoms with E-state index < -0.39 is 0 Å². The van der Waals surface area contributed by atoms with Crippen LogP contribution in [0.3, 0.4) is 0 Å². The average Bonchev–Trinajstić information content (AvgIpc) is 3.19. The van der Waals surface area contributed by atoms with Gasteiger partial charge in [-0.1, -0.05) is 11.2 Å². The minimum atomic E-state index is 0.0567. The van der Waals surface area contributed by atoms with Gasteiger partial charge < -0.3 is 9.42 Å². The second kappa shape index (κ2) is 9.66. The van der Waals surface area contributed by atoms with E-state index in [-0.39, 0.29) is 11.8 Å². The van der Waals surface area contributed by atoms with E-state index >= 15 is 0 Å². The molecule has 30 heavy (non-hydrogen) atoms. The number of carbonyl (C=O) groups excluding carboxylic acids is 1. The Hall–Kier alpha value is -2.32. The zero-order valence-corrected chi connectivity index (χ0v) is 18.0. The lowest BCUT2D eigenvalue weighted by Gasteiger charge is -2.42. The molecule has 8 heteroatoms. The van der Waals surface area contributed by atoms with Crippen LogP contribution in [0.25, 0.3) is 0 Å². The molecule has 0 unspecified atom stereocenters. The minimum Gasteiger partial charge on any atom is -0.337 e. The number of amides is 1. The summed E-state index contributed by atoms with van der Waals surface area (Å²) in [5.74, 6) is 1.34. The third-order valence-electron chi connectivity index (χ3n) is 6.32. The Kier molecular flexibility index (Phi) is 6.74. The monoisotopic (exact) mass is 412 g/mol. The fourth-order valence-electron chi connectivity index (χ4n) is 4.73. The van der Waals surface area contributed by atoms with Gasteiger partial charge >= 0.3 is 0 Å². The summed E-state index contributed by atoms with van der Waals surface area (Å²) in [5, 5.41) is 3.81. The number of carbonyl (C=O) groups is 1. The Labute approximate surface area is 178 Å². The van der Waals surface area contributed by atoms with Crippen LogP contribution >= 0.6 is 0 Å². The second-order valence-electron chi connectivity index (χ2n) is 8.63. The summed E-state index contributed by atoms with van der Waals surface area (Å²) in [7, 11) is 1.83. The molecule has 1 amide bonds. The van der Waals surface area contributed by atoms with Crippen molar-refractivity contribution in [3.05, 3.63) is 41.8 Å². The fourth-order valence-corrected chi connectivity index (χ4v) is 4.73. The Morgan fingerprint density at radius 1 is 1.27 bits per heavy atom. The number of hydrogen-bond donors (Lipinski definition) is 0. The molecule has 8 nitrogen and oxygen atoms in total. The number of hydrogen-bond acceptors (Lipinski definition) is 7. The second-order valence-corrected chi connectivity index (χ2v) is 8.63. The van der Waals surface area contributed by atoms with E-state index in [2.05, 4.69) is 31.0 Å². The van der Waals surface area contributed by atoms with Gasteiger partial charge in [0.1, 0.15) is 0 Å². The Morgan fingerprint density at radius 2 is 2.10 bits per heavy atom. The van der Waals surface area contributed by atoms with Crippen LogP contribution in [-0.2, 0) is 17.9 Å². The van der Waals surface area contributed by atoms with Gasteiger partial charge in [-0.3, -0.25) is 19.6 Å². The van der Waals surface area contributed by atoms with Crippen LogP contribution in [0.5, 0.6) is 0 Å². The van der Waals surface area contributed by atoms with Crippen molar-refractivity contribution < 1.29 is 9.32 Å². The van der Waals surface area contributed by atoms with Gasteiger partial charge in [0.25, 0.3) is 0 Å². The van der Waals surface area contributed by atoms with Crippen molar-refractivity contribution in [1.29, 1.82) is 0 Å². The van der Waals surface area contributed by atoms with Crippen LogP contribution in [-0.4, -0.2) is 75.0 Å². The van der Waals surface area contributed by atoms with Gasteiger partial charge in [0.15, 0.2) is 5.82 Å². The van der Waals surface area contributed by atoms with Gasteiger partial charge in [-0.25, -0.2) is 0 Å². The zero-order valence-electron chi connectivity index (χ0n) is 18.0. The van der Waals surface area contributed by atoms with Crippen molar-refractivity contribution in [3.8, 4) is 0 Å². The normalized spacial score (nSPS) is 21.6. The maximum absolute atomic E-state index is 13.0. The van der Waals surface area contributed by atoms with Crippen molar-refractivity contribution in [3.63, 3.8) is 0 Å². The molecule has 2 aliphatic heterocycles. The van der Waals surface area contributed by atoms with Crippen molar-refractivity contribution in [2.24, 2.45) is 5.92 Å². The third kappa shape index (κ3) is 5.23. The van der Waals surface area contributed by atoms with Gasteiger partial charge in [0.2, 0.25) is 11.8 Å².